The van der Waals surface area contributed by atoms with Gasteiger partial charge >= 0.3 is 0 Å². The van der Waals surface area contributed by atoms with Gasteiger partial charge in [-0.05, 0) is 25.5 Å². The third kappa shape index (κ3) is 2.06. The summed E-state index contributed by atoms with van der Waals surface area (Å²) in [6.45, 7) is 4.12. The van der Waals surface area contributed by atoms with E-state index >= 15 is 0 Å². The highest BCUT2D eigenvalue weighted by Gasteiger charge is 2.05. The van der Waals surface area contributed by atoms with E-state index in [4.69, 9.17) is 0 Å². The van der Waals surface area contributed by atoms with Crippen LogP contribution in [0.15, 0.2) is 18.3 Å². The molecular weight excluding hydrogens is 195 g/mol. The SMILES string of the molecule is CCC(C)Nc1nc2ccc(F)cn2n1. The lowest BCUT2D eigenvalue weighted by molar-refractivity contribution is 0.614. The van der Waals surface area contributed by atoms with Crippen molar-refractivity contribution in [1.82, 2.24) is 14.6 Å². The van der Waals surface area contributed by atoms with Crippen LogP contribution in [0.2, 0.25) is 0 Å². The van der Waals surface area contributed by atoms with Crippen LogP contribution in [-0.4, -0.2) is 20.6 Å². The molecule has 4 nitrogen and oxygen atoms in total. The summed E-state index contributed by atoms with van der Waals surface area (Å²) in [7, 11) is 0. The molecule has 0 bridgehead atoms. The number of hydrogen-bond acceptors (Lipinski definition) is 3. The van der Waals surface area contributed by atoms with Crippen LogP contribution < -0.4 is 5.32 Å². The summed E-state index contributed by atoms with van der Waals surface area (Å²) in [4.78, 5) is 4.22. The molecule has 2 aromatic rings. The fourth-order valence-corrected chi connectivity index (χ4v) is 1.24. The molecular formula is C10H13FN4. The fourth-order valence-electron chi connectivity index (χ4n) is 1.24. The van der Waals surface area contributed by atoms with Gasteiger partial charge in [0.05, 0.1) is 6.20 Å². The molecule has 1 atom stereocenters. The van der Waals surface area contributed by atoms with Gasteiger partial charge in [0.25, 0.3) is 0 Å². The molecule has 0 amide bonds. The smallest absolute Gasteiger partial charge is 0.243 e. The van der Waals surface area contributed by atoms with E-state index in [0.717, 1.165) is 6.42 Å². The predicted octanol–water partition coefficient (Wildman–Crippen LogP) is 2.08. The van der Waals surface area contributed by atoms with Gasteiger partial charge in [0.15, 0.2) is 5.65 Å². The summed E-state index contributed by atoms with van der Waals surface area (Å²) in [6.07, 6.45) is 2.30. The number of rotatable bonds is 3. The first-order valence-corrected chi connectivity index (χ1v) is 4.97. The van der Waals surface area contributed by atoms with Crippen LogP contribution in [0.25, 0.3) is 5.65 Å². The van der Waals surface area contributed by atoms with Crippen LogP contribution >= 0.6 is 0 Å². The highest BCUT2D eigenvalue weighted by Crippen LogP contribution is 2.08. The zero-order chi connectivity index (χ0) is 10.8. The maximum Gasteiger partial charge on any atom is 0.243 e. The molecule has 80 valence electrons. The molecule has 0 saturated carbocycles. The van der Waals surface area contributed by atoms with Gasteiger partial charge in [0.1, 0.15) is 5.82 Å². The third-order valence-electron chi connectivity index (χ3n) is 2.28. The van der Waals surface area contributed by atoms with Crippen LogP contribution in [0.5, 0.6) is 0 Å². The van der Waals surface area contributed by atoms with Gasteiger partial charge in [-0.15, -0.1) is 5.10 Å². The molecule has 0 fully saturated rings. The number of fused-ring (bicyclic) bond motifs is 1. The fraction of sp³-hybridized carbons (Fsp3) is 0.400. The standard InChI is InChI=1S/C10H13FN4/c1-3-7(2)12-10-13-9-5-4-8(11)6-15(9)14-10/h4-7H,3H2,1-2H3,(H,12,14). The summed E-state index contributed by atoms with van der Waals surface area (Å²) < 4.78 is 14.3. The minimum atomic E-state index is -0.317. The molecule has 1 unspecified atom stereocenters. The first-order chi connectivity index (χ1) is 7.19. The van der Waals surface area contributed by atoms with E-state index < -0.39 is 0 Å². The molecule has 15 heavy (non-hydrogen) atoms. The Bertz CT molecular complexity index is 465. The minimum absolute atomic E-state index is 0.312. The molecule has 0 saturated heterocycles. The normalized spacial score (nSPS) is 13.0. The molecule has 0 aromatic carbocycles. The number of nitrogens with zero attached hydrogens (tertiary/aromatic N) is 3. The number of hydrogen-bond donors (Lipinski definition) is 1. The molecule has 0 radical (unpaired) electrons. The maximum absolute atomic E-state index is 12.9. The monoisotopic (exact) mass is 208 g/mol. The molecule has 2 heterocycles. The van der Waals surface area contributed by atoms with Gasteiger partial charge in [-0.1, -0.05) is 6.92 Å². The average molecular weight is 208 g/mol. The average Bonchev–Trinajstić information content (AvgIpc) is 2.59. The van der Waals surface area contributed by atoms with E-state index in [-0.39, 0.29) is 5.82 Å². The molecule has 0 aliphatic rings. The zero-order valence-corrected chi connectivity index (χ0v) is 8.74. The number of pyridine rings is 1. The number of aromatic nitrogens is 3. The Kier molecular flexibility index (Phi) is 2.53. The molecule has 0 aliphatic heterocycles. The van der Waals surface area contributed by atoms with Crippen LogP contribution in [0, 0.1) is 5.82 Å². The van der Waals surface area contributed by atoms with E-state index in [1.165, 1.54) is 16.8 Å². The van der Waals surface area contributed by atoms with Crippen molar-refractivity contribution in [2.24, 2.45) is 0 Å². The van der Waals surface area contributed by atoms with E-state index in [2.05, 4.69) is 22.3 Å². The Morgan fingerprint density at radius 1 is 1.53 bits per heavy atom. The van der Waals surface area contributed by atoms with Crippen molar-refractivity contribution in [1.29, 1.82) is 0 Å². The van der Waals surface area contributed by atoms with Crippen LogP contribution in [0.1, 0.15) is 20.3 Å². The van der Waals surface area contributed by atoms with E-state index in [9.17, 15) is 4.39 Å². The highest BCUT2D eigenvalue weighted by molar-refractivity contribution is 5.43. The lowest BCUT2D eigenvalue weighted by Gasteiger charge is -2.07. The first kappa shape index (κ1) is 9.89. The zero-order valence-electron chi connectivity index (χ0n) is 8.74. The molecule has 0 aliphatic carbocycles. The molecule has 5 heteroatoms. The lowest BCUT2D eigenvalue weighted by atomic mass is 10.3. The topological polar surface area (TPSA) is 42.2 Å². The van der Waals surface area contributed by atoms with Crippen LogP contribution in [-0.2, 0) is 0 Å². The molecule has 0 spiro atoms. The van der Waals surface area contributed by atoms with Crippen molar-refractivity contribution >= 4 is 11.6 Å². The van der Waals surface area contributed by atoms with Gasteiger partial charge in [-0.25, -0.2) is 8.91 Å². The largest absolute Gasteiger partial charge is 0.350 e. The highest BCUT2D eigenvalue weighted by atomic mass is 19.1. The second-order valence-corrected chi connectivity index (χ2v) is 3.54. The number of halogens is 1. The third-order valence-corrected chi connectivity index (χ3v) is 2.28. The van der Waals surface area contributed by atoms with Crippen molar-refractivity contribution < 1.29 is 4.39 Å². The van der Waals surface area contributed by atoms with Crippen LogP contribution in [0.3, 0.4) is 0 Å². The minimum Gasteiger partial charge on any atom is -0.350 e. The van der Waals surface area contributed by atoms with E-state index in [0.29, 0.717) is 17.6 Å². The molecule has 1 N–H and O–H groups in total. The number of anilines is 1. The van der Waals surface area contributed by atoms with Crippen molar-refractivity contribution in [2.45, 2.75) is 26.3 Å². The van der Waals surface area contributed by atoms with Gasteiger partial charge in [-0.2, -0.15) is 4.98 Å². The molecule has 2 rings (SSSR count). The second-order valence-electron chi connectivity index (χ2n) is 3.54. The Morgan fingerprint density at radius 3 is 3.07 bits per heavy atom. The Labute approximate surface area is 87.1 Å². The summed E-state index contributed by atoms with van der Waals surface area (Å²) in [5.41, 5.74) is 0.641. The predicted molar refractivity (Wildman–Crippen MR) is 56.3 cm³/mol. The summed E-state index contributed by atoms with van der Waals surface area (Å²) in [5, 5.41) is 7.25. The molecule has 2 aromatic heterocycles. The second kappa shape index (κ2) is 3.84. The van der Waals surface area contributed by atoms with Crippen molar-refractivity contribution in [3.63, 3.8) is 0 Å². The van der Waals surface area contributed by atoms with Crippen molar-refractivity contribution in [2.75, 3.05) is 5.32 Å². The van der Waals surface area contributed by atoms with Crippen molar-refractivity contribution in [3.05, 3.63) is 24.1 Å². The quantitative estimate of drug-likeness (QED) is 0.839. The lowest BCUT2D eigenvalue weighted by Crippen LogP contribution is -2.14. The van der Waals surface area contributed by atoms with Crippen molar-refractivity contribution in [3.8, 4) is 0 Å². The van der Waals surface area contributed by atoms with Crippen LogP contribution in [0.4, 0.5) is 10.3 Å². The van der Waals surface area contributed by atoms with Gasteiger partial charge in [0.2, 0.25) is 5.95 Å². The Balaban J connectivity index is 2.30. The summed E-state index contributed by atoms with van der Waals surface area (Å²) in [6, 6.07) is 3.29. The van der Waals surface area contributed by atoms with E-state index in [1.807, 2.05) is 6.92 Å². The Morgan fingerprint density at radius 2 is 2.33 bits per heavy atom. The number of nitrogens with one attached hydrogen (secondary N) is 1. The van der Waals surface area contributed by atoms with Gasteiger partial charge < -0.3 is 5.32 Å². The first-order valence-electron chi connectivity index (χ1n) is 4.97. The Hall–Kier alpha value is -1.65. The van der Waals surface area contributed by atoms with E-state index in [1.54, 1.807) is 6.07 Å². The van der Waals surface area contributed by atoms with Gasteiger partial charge in [0, 0.05) is 6.04 Å². The maximum atomic E-state index is 12.9. The van der Waals surface area contributed by atoms with Gasteiger partial charge in [-0.3, -0.25) is 0 Å². The summed E-state index contributed by atoms with van der Waals surface area (Å²) in [5.74, 6) is 0.220. The summed E-state index contributed by atoms with van der Waals surface area (Å²) >= 11 is 0.